The van der Waals surface area contributed by atoms with Crippen LogP contribution in [0.1, 0.15) is 32.2 Å². The molecule has 0 bridgehead atoms. The molecule has 3 atom stereocenters. The number of ether oxygens (including phenoxy) is 1. The predicted molar refractivity (Wildman–Crippen MR) is 155 cm³/mol. The number of ketones is 1. The molecule has 3 unspecified atom stereocenters. The predicted octanol–water partition coefficient (Wildman–Crippen LogP) is 2.26. The maximum absolute atomic E-state index is 14.0. The Balaban J connectivity index is 1.24. The average molecular weight is 623 g/mol. The van der Waals surface area contributed by atoms with Crippen molar-refractivity contribution in [3.63, 3.8) is 0 Å². The molecular weight excluding hydrogens is 596 g/mol. The molecule has 2 aliphatic heterocycles. The van der Waals surface area contributed by atoms with Crippen molar-refractivity contribution < 1.29 is 36.7 Å². The second-order valence-corrected chi connectivity index (χ2v) is 13.0. The Morgan fingerprint density at radius 1 is 1.19 bits per heavy atom. The third kappa shape index (κ3) is 5.32. The normalized spacial score (nSPS) is 19.4. The minimum Gasteiger partial charge on any atom is -0.497 e. The SMILES string of the molecule is COc1ccc2oc(C(=O)NC(Cc3cccs3)C(=O)N3CCC4C3C(=O)CN4S(=O)(=O)C(=O)c3cccnc3)cc2c1. The van der Waals surface area contributed by atoms with Crippen molar-refractivity contribution in [2.45, 2.75) is 31.0 Å². The van der Waals surface area contributed by atoms with Gasteiger partial charge in [-0.15, -0.1) is 11.3 Å². The van der Waals surface area contributed by atoms with Crippen LogP contribution in [0.15, 0.2) is 70.7 Å². The highest BCUT2D eigenvalue weighted by Gasteiger charge is 2.55. The van der Waals surface area contributed by atoms with Crippen molar-refractivity contribution in [1.82, 2.24) is 19.5 Å². The Bertz CT molecular complexity index is 1820. The Hall–Kier alpha value is -4.40. The van der Waals surface area contributed by atoms with E-state index in [-0.39, 0.29) is 30.7 Å². The molecule has 0 radical (unpaired) electrons. The highest BCUT2D eigenvalue weighted by Crippen LogP contribution is 2.33. The van der Waals surface area contributed by atoms with Gasteiger partial charge in [-0.2, -0.15) is 4.31 Å². The third-order valence-electron chi connectivity index (χ3n) is 7.64. The van der Waals surface area contributed by atoms with Crippen molar-refractivity contribution in [3.8, 4) is 5.75 Å². The van der Waals surface area contributed by atoms with Crippen LogP contribution in [0.4, 0.5) is 0 Å². The number of hydrogen-bond acceptors (Lipinski definition) is 10. The zero-order chi connectivity index (χ0) is 30.3. The molecule has 2 amide bonds. The molecule has 0 saturated carbocycles. The number of likely N-dealkylation sites (tertiary alicyclic amines) is 1. The molecule has 1 aromatic carbocycles. The number of benzene rings is 1. The lowest BCUT2D eigenvalue weighted by Crippen LogP contribution is -2.53. The summed E-state index contributed by atoms with van der Waals surface area (Å²) in [6.45, 7) is -0.452. The topological polar surface area (TPSA) is 156 Å². The number of hydrogen-bond donors (Lipinski definition) is 1. The number of Topliss-reactive ketones (excluding diaryl/α,β-unsaturated/α-hetero) is 1. The van der Waals surface area contributed by atoms with E-state index < -0.39 is 57.4 Å². The number of amides is 2. The smallest absolute Gasteiger partial charge is 0.293 e. The van der Waals surface area contributed by atoms with Gasteiger partial charge >= 0.3 is 0 Å². The molecule has 43 heavy (non-hydrogen) atoms. The summed E-state index contributed by atoms with van der Waals surface area (Å²) in [6.07, 6.45) is 2.87. The van der Waals surface area contributed by atoms with Crippen LogP contribution in [0.5, 0.6) is 5.75 Å². The van der Waals surface area contributed by atoms with Gasteiger partial charge in [0.2, 0.25) is 5.91 Å². The number of fused-ring (bicyclic) bond motifs is 2. The third-order valence-corrected chi connectivity index (χ3v) is 10.3. The van der Waals surface area contributed by atoms with Gasteiger partial charge in [-0.1, -0.05) is 6.07 Å². The molecule has 2 fully saturated rings. The number of furan rings is 1. The van der Waals surface area contributed by atoms with E-state index in [9.17, 15) is 27.6 Å². The number of aromatic nitrogens is 1. The van der Waals surface area contributed by atoms with Gasteiger partial charge in [0.1, 0.15) is 23.4 Å². The molecule has 0 spiro atoms. The number of sulfonamides is 1. The average Bonchev–Trinajstić information content (AvgIpc) is 3.82. The Morgan fingerprint density at radius 3 is 2.74 bits per heavy atom. The van der Waals surface area contributed by atoms with Crippen LogP contribution in [-0.2, 0) is 26.0 Å². The number of thiophene rings is 1. The van der Waals surface area contributed by atoms with Crippen LogP contribution >= 0.6 is 11.3 Å². The van der Waals surface area contributed by atoms with Crippen molar-refractivity contribution in [2.24, 2.45) is 0 Å². The first-order chi connectivity index (χ1) is 20.7. The molecule has 6 rings (SSSR count). The number of rotatable bonds is 8. The maximum atomic E-state index is 14.0. The van der Waals surface area contributed by atoms with Gasteiger partial charge in [-0.25, -0.2) is 8.42 Å². The van der Waals surface area contributed by atoms with Gasteiger partial charge in [0, 0.05) is 35.6 Å². The summed E-state index contributed by atoms with van der Waals surface area (Å²) >= 11 is 1.41. The van der Waals surface area contributed by atoms with Crippen LogP contribution < -0.4 is 10.1 Å². The Kier molecular flexibility index (Phi) is 7.58. The van der Waals surface area contributed by atoms with E-state index in [2.05, 4.69) is 10.3 Å². The lowest BCUT2D eigenvalue weighted by Gasteiger charge is -2.28. The van der Waals surface area contributed by atoms with E-state index in [0.29, 0.717) is 16.7 Å². The van der Waals surface area contributed by atoms with Crippen LogP contribution in [0.3, 0.4) is 0 Å². The van der Waals surface area contributed by atoms with E-state index in [1.165, 1.54) is 41.7 Å². The van der Waals surface area contributed by atoms with Crippen molar-refractivity contribution in [1.29, 1.82) is 0 Å². The van der Waals surface area contributed by atoms with Crippen LogP contribution in [-0.4, -0.2) is 83.6 Å². The lowest BCUT2D eigenvalue weighted by atomic mass is 10.1. The first kappa shape index (κ1) is 28.7. The molecular formula is C29H26N4O8S2. The Morgan fingerprint density at radius 2 is 2.02 bits per heavy atom. The summed E-state index contributed by atoms with van der Waals surface area (Å²) < 4.78 is 38.4. The number of carbonyl (C=O) groups excluding carboxylic acids is 4. The van der Waals surface area contributed by atoms with E-state index in [4.69, 9.17) is 9.15 Å². The van der Waals surface area contributed by atoms with Crippen molar-refractivity contribution >= 4 is 55.0 Å². The molecule has 4 aromatic rings. The molecule has 1 N–H and O–H groups in total. The van der Waals surface area contributed by atoms with E-state index >= 15 is 0 Å². The molecule has 2 saturated heterocycles. The fourth-order valence-electron chi connectivity index (χ4n) is 5.60. The van der Waals surface area contributed by atoms with Gasteiger partial charge in [-0.05, 0) is 54.3 Å². The first-order valence-electron chi connectivity index (χ1n) is 13.4. The quantitative estimate of drug-likeness (QED) is 0.311. The van der Waals surface area contributed by atoms with E-state index in [1.54, 1.807) is 24.3 Å². The number of pyridine rings is 1. The largest absolute Gasteiger partial charge is 0.497 e. The molecule has 0 aliphatic carbocycles. The molecule has 5 heterocycles. The van der Waals surface area contributed by atoms with Crippen molar-refractivity contribution in [3.05, 3.63) is 82.5 Å². The first-order valence-corrected chi connectivity index (χ1v) is 15.7. The summed E-state index contributed by atoms with van der Waals surface area (Å²) in [6, 6.07) is 10.0. The van der Waals surface area contributed by atoms with Crippen molar-refractivity contribution in [2.75, 3.05) is 20.2 Å². The molecule has 2 aliphatic rings. The monoisotopic (exact) mass is 622 g/mol. The summed E-state index contributed by atoms with van der Waals surface area (Å²) in [7, 11) is -3.03. The Labute approximate surface area is 250 Å². The van der Waals surface area contributed by atoms with Crippen LogP contribution in [0.25, 0.3) is 11.0 Å². The van der Waals surface area contributed by atoms with E-state index in [1.807, 2.05) is 17.5 Å². The molecule has 3 aromatic heterocycles. The number of nitrogens with zero attached hydrogens (tertiary/aromatic N) is 3. The van der Waals surface area contributed by atoms with Gasteiger partial charge in [0.15, 0.2) is 11.5 Å². The van der Waals surface area contributed by atoms with Crippen LogP contribution in [0, 0.1) is 0 Å². The van der Waals surface area contributed by atoms with Gasteiger partial charge in [0.05, 0.1) is 25.3 Å². The number of carbonyl (C=O) groups is 4. The lowest BCUT2D eigenvalue weighted by molar-refractivity contribution is -0.138. The summed E-state index contributed by atoms with van der Waals surface area (Å²) in [5.74, 6) is -1.06. The standard InChI is InChI=1S/C29H26N4O8S2/c1-40-19-6-7-24-18(12-19)13-25(41-24)27(35)31-21(14-20-5-3-11-42-20)28(36)32-10-8-22-26(32)23(34)16-33(22)43(38,39)29(37)17-4-2-9-30-15-17/h2-7,9,11-13,15,21-22,26H,8,10,14,16H2,1H3,(H,31,35). The fourth-order valence-corrected chi connectivity index (χ4v) is 7.86. The van der Waals surface area contributed by atoms with E-state index in [0.717, 1.165) is 15.4 Å². The zero-order valence-corrected chi connectivity index (χ0v) is 24.5. The highest BCUT2D eigenvalue weighted by molar-refractivity contribution is 8.04. The summed E-state index contributed by atoms with van der Waals surface area (Å²) in [5.41, 5.74) is 0.347. The fraction of sp³-hybridized carbons (Fsp3) is 0.276. The minimum atomic E-state index is -4.56. The maximum Gasteiger partial charge on any atom is 0.293 e. The van der Waals surface area contributed by atoms with Gasteiger partial charge in [0.25, 0.3) is 21.0 Å². The second kappa shape index (κ2) is 11.4. The number of methoxy groups -OCH3 is 1. The summed E-state index contributed by atoms with van der Waals surface area (Å²) in [5, 5.41) is 4.09. The van der Waals surface area contributed by atoms with Gasteiger partial charge < -0.3 is 19.4 Å². The minimum absolute atomic E-state index is 0.00495. The summed E-state index contributed by atoms with van der Waals surface area (Å²) in [4.78, 5) is 59.3. The molecule has 222 valence electrons. The highest BCUT2D eigenvalue weighted by atomic mass is 32.2. The van der Waals surface area contributed by atoms with Crippen LogP contribution in [0.2, 0.25) is 0 Å². The number of nitrogens with one attached hydrogen (secondary N) is 1. The zero-order valence-electron chi connectivity index (χ0n) is 22.8. The molecule has 14 heteroatoms. The second-order valence-electron chi connectivity index (χ2n) is 10.2. The molecule has 12 nitrogen and oxygen atoms in total. The van der Waals surface area contributed by atoms with Gasteiger partial charge in [-0.3, -0.25) is 24.2 Å².